The molecule has 0 aliphatic heterocycles. The van der Waals surface area contributed by atoms with Crippen LogP contribution in [0.1, 0.15) is 22.3 Å². The number of para-hydroxylation sites is 2. The van der Waals surface area contributed by atoms with Gasteiger partial charge in [-0.15, -0.1) is 0 Å². The molecule has 2 nitrogen and oxygen atoms in total. The van der Waals surface area contributed by atoms with Crippen molar-refractivity contribution in [2.24, 2.45) is 0 Å². The summed E-state index contributed by atoms with van der Waals surface area (Å²) in [5, 5.41) is 0. The summed E-state index contributed by atoms with van der Waals surface area (Å²) in [6, 6.07) is 13.1. The van der Waals surface area contributed by atoms with Gasteiger partial charge in [-0.3, -0.25) is 0 Å². The van der Waals surface area contributed by atoms with Gasteiger partial charge < -0.3 is 9.96 Å². The highest BCUT2D eigenvalue weighted by Crippen LogP contribution is 2.30. The van der Waals surface area contributed by atoms with Gasteiger partial charge in [0.15, 0.2) is 0 Å². The summed E-state index contributed by atoms with van der Waals surface area (Å²) >= 11 is 0. The highest BCUT2D eigenvalue weighted by Gasteiger charge is 2.44. The minimum atomic E-state index is -1.92. The third-order valence-electron chi connectivity index (χ3n) is 5.21. The van der Waals surface area contributed by atoms with Gasteiger partial charge in [-0.25, -0.2) is 0 Å². The lowest BCUT2D eigenvalue weighted by atomic mass is 10.1. The second kappa shape index (κ2) is 6.77. The first-order valence-corrected chi connectivity index (χ1v) is 15.7. The molecular formula is C20H32N2Si2. The molecule has 0 spiro atoms. The van der Waals surface area contributed by atoms with E-state index in [9.17, 15) is 0 Å². The zero-order chi connectivity index (χ0) is 18.1. The molecule has 0 bridgehead atoms. The molecule has 24 heavy (non-hydrogen) atoms. The average Bonchev–Trinajstić information content (AvgIpc) is 2.46. The van der Waals surface area contributed by atoms with E-state index in [1.807, 2.05) is 0 Å². The Bertz CT molecular complexity index is 639. The van der Waals surface area contributed by atoms with Gasteiger partial charge in [0.25, 0.3) is 0 Å². The van der Waals surface area contributed by atoms with E-state index in [-0.39, 0.29) is 0 Å². The normalized spacial score (nSPS) is 12.2. The SMILES string of the molecule is Cc1cccc(C)c1N[Si](C)(Nc1c(C)cccc1C)[Si](C)(C)C. The molecule has 0 atom stereocenters. The molecule has 0 saturated heterocycles. The third kappa shape index (κ3) is 3.75. The van der Waals surface area contributed by atoms with E-state index in [4.69, 9.17) is 0 Å². The van der Waals surface area contributed by atoms with Crippen LogP contribution in [0.2, 0.25) is 26.2 Å². The van der Waals surface area contributed by atoms with Gasteiger partial charge in [0.2, 0.25) is 7.91 Å². The van der Waals surface area contributed by atoms with Crippen LogP contribution in [-0.4, -0.2) is 15.5 Å². The van der Waals surface area contributed by atoms with Crippen LogP contribution in [0, 0.1) is 27.7 Å². The second-order valence-corrected chi connectivity index (χ2v) is 22.9. The highest BCUT2D eigenvalue weighted by molar-refractivity contribution is 7.42. The van der Waals surface area contributed by atoms with Gasteiger partial charge in [0.05, 0.1) is 7.59 Å². The number of hydrogen-bond donors (Lipinski definition) is 2. The summed E-state index contributed by atoms with van der Waals surface area (Å²) in [7, 11) is -3.37. The largest absolute Gasteiger partial charge is 0.396 e. The molecule has 4 heteroatoms. The minimum absolute atomic E-state index is 1.31. The van der Waals surface area contributed by atoms with Gasteiger partial charge >= 0.3 is 0 Å². The van der Waals surface area contributed by atoms with Crippen molar-refractivity contribution in [2.75, 3.05) is 9.96 Å². The van der Waals surface area contributed by atoms with Crippen LogP contribution >= 0.6 is 0 Å². The topological polar surface area (TPSA) is 24.1 Å². The van der Waals surface area contributed by atoms with Crippen molar-refractivity contribution in [3.63, 3.8) is 0 Å². The first-order valence-electron chi connectivity index (χ1n) is 8.74. The van der Waals surface area contributed by atoms with Crippen molar-refractivity contribution < 1.29 is 0 Å². The Balaban J connectivity index is 2.48. The predicted molar refractivity (Wildman–Crippen MR) is 114 cm³/mol. The van der Waals surface area contributed by atoms with E-state index in [2.05, 4.69) is 100 Å². The van der Waals surface area contributed by atoms with Crippen LogP contribution in [0.5, 0.6) is 0 Å². The first kappa shape index (κ1) is 18.8. The zero-order valence-corrected chi connectivity index (χ0v) is 18.5. The average molecular weight is 357 g/mol. The molecule has 2 N–H and O–H groups in total. The van der Waals surface area contributed by atoms with Crippen molar-refractivity contribution in [1.29, 1.82) is 0 Å². The molecule has 0 amide bonds. The lowest BCUT2D eigenvalue weighted by Gasteiger charge is -2.42. The lowest BCUT2D eigenvalue weighted by molar-refractivity contribution is 1.35. The maximum atomic E-state index is 4.02. The van der Waals surface area contributed by atoms with E-state index < -0.39 is 15.5 Å². The Labute approximate surface area is 149 Å². The standard InChI is InChI=1S/C20H32N2Si2/c1-15-11-9-12-16(2)19(15)21-24(8,23(5,6)7)22-20-17(3)13-10-14-18(20)4/h9-14,21-22H,1-8H3. The Morgan fingerprint density at radius 1 is 0.583 bits per heavy atom. The van der Waals surface area contributed by atoms with Crippen LogP contribution in [0.4, 0.5) is 11.4 Å². The van der Waals surface area contributed by atoms with Crippen LogP contribution in [-0.2, 0) is 0 Å². The molecule has 0 aromatic heterocycles. The molecule has 130 valence electrons. The van der Waals surface area contributed by atoms with Crippen molar-refractivity contribution in [3.05, 3.63) is 58.7 Å². The van der Waals surface area contributed by atoms with Crippen LogP contribution in [0.15, 0.2) is 36.4 Å². The summed E-state index contributed by atoms with van der Waals surface area (Å²) in [5.74, 6) is 0. The number of hydrogen-bond acceptors (Lipinski definition) is 2. The molecule has 0 radical (unpaired) electrons. The van der Waals surface area contributed by atoms with E-state index in [1.54, 1.807) is 0 Å². The van der Waals surface area contributed by atoms with Crippen molar-refractivity contribution in [2.45, 2.75) is 53.9 Å². The Kier molecular flexibility index (Phi) is 5.30. The maximum absolute atomic E-state index is 4.02. The summed E-state index contributed by atoms with van der Waals surface area (Å²) < 4.78 is 0. The first-order chi connectivity index (χ1) is 11.0. The Hall–Kier alpha value is -1.53. The van der Waals surface area contributed by atoms with Crippen molar-refractivity contribution in [1.82, 2.24) is 0 Å². The molecular weight excluding hydrogens is 324 g/mol. The van der Waals surface area contributed by atoms with E-state index in [0.29, 0.717) is 0 Å². The van der Waals surface area contributed by atoms with Gasteiger partial charge in [-0.2, -0.15) is 0 Å². The van der Waals surface area contributed by atoms with Crippen molar-refractivity contribution in [3.8, 4) is 0 Å². The van der Waals surface area contributed by atoms with E-state index >= 15 is 0 Å². The molecule has 2 rings (SSSR count). The fourth-order valence-electron chi connectivity index (χ4n) is 2.93. The van der Waals surface area contributed by atoms with Gasteiger partial charge in [-0.1, -0.05) is 56.0 Å². The maximum Gasteiger partial charge on any atom is 0.237 e. The van der Waals surface area contributed by atoms with Gasteiger partial charge in [0, 0.05) is 11.4 Å². The molecule has 0 heterocycles. The molecule has 0 aliphatic carbocycles. The molecule has 0 fully saturated rings. The monoisotopic (exact) mass is 356 g/mol. The molecule has 0 saturated carbocycles. The molecule has 2 aromatic carbocycles. The summed E-state index contributed by atoms with van der Waals surface area (Å²) in [6.07, 6.45) is 0. The number of nitrogens with one attached hydrogen (secondary N) is 2. The third-order valence-corrected chi connectivity index (χ3v) is 19.5. The van der Waals surface area contributed by atoms with Crippen molar-refractivity contribution >= 4 is 26.9 Å². The summed E-state index contributed by atoms with van der Waals surface area (Å²) in [5.41, 5.74) is 7.94. The molecule has 0 aliphatic rings. The van der Waals surface area contributed by atoms with Gasteiger partial charge in [0.1, 0.15) is 0 Å². The number of benzene rings is 2. The number of anilines is 2. The second-order valence-electron chi connectivity index (χ2n) is 8.16. The fourth-order valence-corrected chi connectivity index (χ4v) is 8.53. The Morgan fingerprint density at radius 2 is 0.875 bits per heavy atom. The predicted octanol–water partition coefficient (Wildman–Crippen LogP) is 5.93. The van der Waals surface area contributed by atoms with Gasteiger partial charge in [-0.05, 0) is 56.5 Å². The number of aryl methyl sites for hydroxylation is 4. The van der Waals surface area contributed by atoms with Crippen LogP contribution in [0.3, 0.4) is 0 Å². The quantitative estimate of drug-likeness (QED) is 0.648. The summed E-state index contributed by atoms with van der Waals surface area (Å²) in [6.45, 7) is 18.7. The molecule has 0 unspecified atom stereocenters. The van der Waals surface area contributed by atoms with E-state index in [1.165, 1.54) is 33.6 Å². The molecule has 2 aromatic rings. The lowest BCUT2D eigenvalue weighted by Crippen LogP contribution is -2.67. The fraction of sp³-hybridized carbons (Fsp3) is 0.400. The van der Waals surface area contributed by atoms with E-state index in [0.717, 1.165) is 0 Å². The minimum Gasteiger partial charge on any atom is -0.396 e. The van der Waals surface area contributed by atoms with Crippen LogP contribution in [0.25, 0.3) is 0 Å². The zero-order valence-electron chi connectivity index (χ0n) is 16.5. The van der Waals surface area contributed by atoms with Crippen LogP contribution < -0.4 is 9.96 Å². The highest BCUT2D eigenvalue weighted by atomic mass is 29.3. The Morgan fingerprint density at radius 3 is 1.12 bits per heavy atom. The summed E-state index contributed by atoms with van der Waals surface area (Å²) in [4.78, 5) is 8.05. The number of rotatable bonds is 5. The smallest absolute Gasteiger partial charge is 0.237 e.